The number of aryl methyl sites for hydroxylation is 1. The molecule has 0 bridgehead atoms. The van der Waals surface area contributed by atoms with E-state index in [1.165, 1.54) is 0 Å². The highest BCUT2D eigenvalue weighted by Gasteiger charge is 2.02. The maximum absolute atomic E-state index is 4.31. The highest BCUT2D eigenvalue weighted by atomic mass is 79.9. The standard InChI is InChI=1S/C10H10BrN3S/c1-14-6-8(5-13-14)15-7-10-9(11)3-2-4-12-10/h2-6H,7H2,1H3. The molecule has 0 spiro atoms. The lowest BCUT2D eigenvalue weighted by Gasteiger charge is -2.00. The first-order chi connectivity index (χ1) is 7.25. The lowest BCUT2D eigenvalue weighted by atomic mass is 10.4. The fourth-order valence-corrected chi connectivity index (χ4v) is 2.61. The lowest BCUT2D eigenvalue weighted by molar-refractivity contribution is 0.766. The van der Waals surface area contributed by atoms with E-state index in [0.29, 0.717) is 0 Å². The predicted octanol–water partition coefficient (Wildman–Crippen LogP) is 2.87. The summed E-state index contributed by atoms with van der Waals surface area (Å²) in [6.07, 6.45) is 5.67. The molecule has 0 saturated heterocycles. The number of hydrogen-bond acceptors (Lipinski definition) is 3. The van der Waals surface area contributed by atoms with Crippen LogP contribution in [-0.2, 0) is 12.8 Å². The first-order valence-corrected chi connectivity index (χ1v) is 6.24. The smallest absolute Gasteiger partial charge is 0.0647 e. The molecule has 78 valence electrons. The Bertz CT molecular complexity index is 455. The minimum absolute atomic E-state index is 0.854. The van der Waals surface area contributed by atoms with E-state index in [2.05, 4.69) is 26.0 Å². The highest BCUT2D eigenvalue weighted by Crippen LogP contribution is 2.24. The van der Waals surface area contributed by atoms with Gasteiger partial charge in [0.25, 0.3) is 0 Å². The van der Waals surface area contributed by atoms with Crippen LogP contribution >= 0.6 is 27.7 Å². The molecule has 0 saturated carbocycles. The van der Waals surface area contributed by atoms with Crippen molar-refractivity contribution < 1.29 is 0 Å². The fraction of sp³-hybridized carbons (Fsp3) is 0.200. The number of hydrogen-bond donors (Lipinski definition) is 0. The van der Waals surface area contributed by atoms with Crippen LogP contribution in [0.25, 0.3) is 0 Å². The normalized spacial score (nSPS) is 10.5. The largest absolute Gasteiger partial charge is 0.275 e. The number of rotatable bonds is 3. The molecule has 0 N–H and O–H groups in total. The summed E-state index contributed by atoms with van der Waals surface area (Å²) in [4.78, 5) is 5.47. The van der Waals surface area contributed by atoms with E-state index in [4.69, 9.17) is 0 Å². The Hall–Kier alpha value is -0.810. The molecule has 0 fully saturated rings. The van der Waals surface area contributed by atoms with Crippen LogP contribution in [0, 0.1) is 0 Å². The van der Waals surface area contributed by atoms with Crippen LogP contribution in [0.3, 0.4) is 0 Å². The highest BCUT2D eigenvalue weighted by molar-refractivity contribution is 9.10. The number of aromatic nitrogens is 3. The second-order valence-corrected chi connectivity index (χ2v) is 4.97. The summed E-state index contributed by atoms with van der Waals surface area (Å²) < 4.78 is 2.86. The van der Waals surface area contributed by atoms with E-state index in [1.54, 1.807) is 16.4 Å². The Morgan fingerprint density at radius 2 is 2.40 bits per heavy atom. The lowest BCUT2D eigenvalue weighted by Crippen LogP contribution is -1.87. The topological polar surface area (TPSA) is 30.7 Å². The zero-order valence-corrected chi connectivity index (χ0v) is 10.6. The Balaban J connectivity index is 2.02. The monoisotopic (exact) mass is 283 g/mol. The van der Waals surface area contributed by atoms with Crippen LogP contribution in [0.5, 0.6) is 0 Å². The third-order valence-electron chi connectivity index (χ3n) is 1.89. The van der Waals surface area contributed by atoms with Crippen molar-refractivity contribution >= 4 is 27.7 Å². The van der Waals surface area contributed by atoms with E-state index in [0.717, 1.165) is 20.8 Å². The van der Waals surface area contributed by atoms with Crippen LogP contribution in [0.4, 0.5) is 0 Å². The number of thioether (sulfide) groups is 1. The summed E-state index contributed by atoms with van der Waals surface area (Å²) in [5.74, 6) is 0.854. The SMILES string of the molecule is Cn1cc(SCc2ncccc2Br)cn1. The van der Waals surface area contributed by atoms with Gasteiger partial charge in [-0.3, -0.25) is 9.67 Å². The van der Waals surface area contributed by atoms with Crippen LogP contribution in [0.1, 0.15) is 5.69 Å². The van der Waals surface area contributed by atoms with E-state index < -0.39 is 0 Å². The second kappa shape index (κ2) is 4.81. The van der Waals surface area contributed by atoms with E-state index >= 15 is 0 Å². The Morgan fingerprint density at radius 3 is 3.07 bits per heavy atom. The van der Waals surface area contributed by atoms with Crippen molar-refractivity contribution in [2.75, 3.05) is 0 Å². The summed E-state index contributed by atoms with van der Waals surface area (Å²) in [6, 6.07) is 3.93. The Morgan fingerprint density at radius 1 is 1.53 bits per heavy atom. The second-order valence-electron chi connectivity index (χ2n) is 3.07. The molecule has 0 aliphatic carbocycles. The summed E-state index contributed by atoms with van der Waals surface area (Å²) in [5, 5.41) is 4.12. The number of pyridine rings is 1. The van der Waals surface area contributed by atoms with Gasteiger partial charge in [-0.05, 0) is 28.1 Å². The molecule has 0 aromatic carbocycles. The zero-order valence-electron chi connectivity index (χ0n) is 8.22. The van der Waals surface area contributed by atoms with Gasteiger partial charge < -0.3 is 0 Å². The predicted molar refractivity (Wildman–Crippen MR) is 64.7 cm³/mol. The van der Waals surface area contributed by atoms with Crippen molar-refractivity contribution in [1.29, 1.82) is 0 Å². The molecular formula is C10H10BrN3S. The maximum atomic E-state index is 4.31. The Kier molecular flexibility index (Phi) is 3.43. The molecule has 5 heteroatoms. The van der Waals surface area contributed by atoms with Crippen molar-refractivity contribution in [3.05, 3.63) is 40.9 Å². The first kappa shape index (κ1) is 10.7. The van der Waals surface area contributed by atoms with Gasteiger partial charge in [-0.2, -0.15) is 5.10 Å². The van der Waals surface area contributed by atoms with Gasteiger partial charge >= 0.3 is 0 Å². The third-order valence-corrected chi connectivity index (χ3v) is 3.58. The van der Waals surface area contributed by atoms with Crippen molar-refractivity contribution in [3.8, 4) is 0 Å². The molecule has 15 heavy (non-hydrogen) atoms. The zero-order chi connectivity index (χ0) is 10.7. The Labute approximate surface area is 101 Å². The van der Waals surface area contributed by atoms with Crippen LogP contribution in [0.15, 0.2) is 40.1 Å². The van der Waals surface area contributed by atoms with Crippen molar-refractivity contribution in [2.24, 2.45) is 7.05 Å². The van der Waals surface area contributed by atoms with Gasteiger partial charge in [0.15, 0.2) is 0 Å². The van der Waals surface area contributed by atoms with Gasteiger partial charge in [0, 0.05) is 34.6 Å². The number of halogens is 1. The van der Waals surface area contributed by atoms with Crippen molar-refractivity contribution in [1.82, 2.24) is 14.8 Å². The first-order valence-electron chi connectivity index (χ1n) is 4.46. The molecule has 0 amide bonds. The van der Waals surface area contributed by atoms with E-state index in [1.807, 2.05) is 37.8 Å². The maximum Gasteiger partial charge on any atom is 0.0647 e. The third kappa shape index (κ3) is 2.82. The molecule has 0 atom stereocenters. The molecule has 2 rings (SSSR count). The minimum Gasteiger partial charge on any atom is -0.275 e. The summed E-state index contributed by atoms with van der Waals surface area (Å²) >= 11 is 5.21. The van der Waals surface area contributed by atoms with Gasteiger partial charge in [-0.1, -0.05) is 0 Å². The molecule has 3 nitrogen and oxygen atoms in total. The van der Waals surface area contributed by atoms with Crippen molar-refractivity contribution in [3.63, 3.8) is 0 Å². The van der Waals surface area contributed by atoms with Crippen LogP contribution in [-0.4, -0.2) is 14.8 Å². The fourth-order valence-electron chi connectivity index (χ4n) is 1.15. The molecule has 0 unspecified atom stereocenters. The summed E-state index contributed by atoms with van der Waals surface area (Å²) in [7, 11) is 1.92. The van der Waals surface area contributed by atoms with Gasteiger partial charge in [-0.25, -0.2) is 0 Å². The van der Waals surface area contributed by atoms with Gasteiger partial charge in [0.1, 0.15) is 0 Å². The summed E-state index contributed by atoms with van der Waals surface area (Å²) in [5.41, 5.74) is 1.06. The molecule has 2 aromatic heterocycles. The molecule has 2 heterocycles. The van der Waals surface area contributed by atoms with Crippen LogP contribution in [0.2, 0.25) is 0 Å². The van der Waals surface area contributed by atoms with Crippen molar-refractivity contribution in [2.45, 2.75) is 10.6 Å². The van der Waals surface area contributed by atoms with Gasteiger partial charge in [0.2, 0.25) is 0 Å². The van der Waals surface area contributed by atoms with Gasteiger partial charge in [0.05, 0.1) is 11.9 Å². The average molecular weight is 284 g/mol. The van der Waals surface area contributed by atoms with Crippen LogP contribution < -0.4 is 0 Å². The molecule has 0 radical (unpaired) electrons. The molecule has 0 aliphatic heterocycles. The quantitative estimate of drug-likeness (QED) is 0.812. The molecule has 2 aromatic rings. The minimum atomic E-state index is 0.854. The summed E-state index contributed by atoms with van der Waals surface area (Å²) in [6.45, 7) is 0. The average Bonchev–Trinajstić information content (AvgIpc) is 2.63. The molecule has 0 aliphatic rings. The number of nitrogens with zero attached hydrogens (tertiary/aromatic N) is 3. The van der Waals surface area contributed by atoms with Gasteiger partial charge in [-0.15, -0.1) is 11.8 Å². The van der Waals surface area contributed by atoms with E-state index in [9.17, 15) is 0 Å². The molecular weight excluding hydrogens is 274 g/mol. The van der Waals surface area contributed by atoms with E-state index in [-0.39, 0.29) is 0 Å².